The zero-order valence-corrected chi connectivity index (χ0v) is 16.8. The topological polar surface area (TPSA) is 79.4 Å². The first-order valence-corrected chi connectivity index (χ1v) is 10.2. The summed E-state index contributed by atoms with van der Waals surface area (Å²) in [5.74, 6) is -4.51. The Morgan fingerprint density at radius 2 is 2.00 bits per heavy atom. The second-order valence-corrected chi connectivity index (χ2v) is 7.82. The van der Waals surface area contributed by atoms with Gasteiger partial charge < -0.3 is 5.32 Å². The van der Waals surface area contributed by atoms with E-state index in [2.05, 4.69) is 10.3 Å². The largest absolute Gasteiger partial charge is 0.350 e. The molecule has 0 radical (unpaired) electrons. The number of imide groups is 1. The van der Waals surface area contributed by atoms with Crippen molar-refractivity contribution in [2.75, 3.05) is 13.1 Å². The number of nitrogens with one attached hydrogen (secondary N) is 1. The Kier molecular flexibility index (Phi) is 7.16. The quantitative estimate of drug-likeness (QED) is 0.504. The Bertz CT molecular complexity index is 1020. The molecule has 1 aromatic heterocycles. The van der Waals surface area contributed by atoms with Crippen molar-refractivity contribution in [3.05, 3.63) is 64.4 Å². The average Bonchev–Trinajstić information content (AvgIpc) is 2.97. The predicted molar refractivity (Wildman–Crippen MR) is 108 cm³/mol. The van der Waals surface area contributed by atoms with Gasteiger partial charge in [-0.05, 0) is 47.8 Å². The van der Waals surface area contributed by atoms with Gasteiger partial charge in [-0.2, -0.15) is 8.78 Å². The zero-order valence-electron chi connectivity index (χ0n) is 15.2. The van der Waals surface area contributed by atoms with E-state index in [9.17, 15) is 27.6 Å². The summed E-state index contributed by atoms with van der Waals surface area (Å²) in [6, 6.07) is 8.62. The van der Waals surface area contributed by atoms with Crippen molar-refractivity contribution in [3.63, 3.8) is 0 Å². The standard InChI is InChI=1S/C19H14F3N3O3S2/c20-13-6-2-1-4-11(13)10-14-17(27)25(19(28)29-14)9-8-23-15(26)12-5-3-7-24-16(12)30-18(21)22/h1-7,10,18H,8-9H2,(H,23,26)/b14-10-. The molecule has 0 spiro atoms. The molecular formula is C19H14F3N3O3S2. The Morgan fingerprint density at radius 3 is 2.73 bits per heavy atom. The van der Waals surface area contributed by atoms with Gasteiger partial charge in [-0.1, -0.05) is 18.2 Å². The monoisotopic (exact) mass is 453 g/mol. The van der Waals surface area contributed by atoms with Crippen LogP contribution in [0.2, 0.25) is 0 Å². The van der Waals surface area contributed by atoms with Crippen molar-refractivity contribution in [3.8, 4) is 0 Å². The number of amides is 3. The highest BCUT2D eigenvalue weighted by Gasteiger charge is 2.34. The van der Waals surface area contributed by atoms with Gasteiger partial charge in [0.25, 0.3) is 22.8 Å². The van der Waals surface area contributed by atoms with Gasteiger partial charge in [-0.15, -0.1) is 0 Å². The summed E-state index contributed by atoms with van der Waals surface area (Å²) >= 11 is 0.822. The van der Waals surface area contributed by atoms with Crippen LogP contribution in [-0.2, 0) is 4.79 Å². The molecule has 1 saturated heterocycles. The van der Waals surface area contributed by atoms with Crippen LogP contribution in [-0.4, -0.2) is 45.8 Å². The maximum atomic E-state index is 13.8. The summed E-state index contributed by atoms with van der Waals surface area (Å²) in [4.78, 5) is 41.6. The summed E-state index contributed by atoms with van der Waals surface area (Å²) < 4.78 is 39.0. The van der Waals surface area contributed by atoms with Crippen molar-refractivity contribution in [2.45, 2.75) is 10.8 Å². The van der Waals surface area contributed by atoms with E-state index in [-0.39, 0.29) is 45.9 Å². The van der Waals surface area contributed by atoms with E-state index in [1.165, 1.54) is 42.6 Å². The van der Waals surface area contributed by atoms with E-state index in [1.807, 2.05) is 0 Å². The van der Waals surface area contributed by atoms with Crippen LogP contribution in [0.4, 0.5) is 18.0 Å². The molecule has 1 aliphatic heterocycles. The van der Waals surface area contributed by atoms with E-state index in [0.29, 0.717) is 11.8 Å². The van der Waals surface area contributed by atoms with E-state index in [4.69, 9.17) is 0 Å². The molecule has 0 atom stereocenters. The van der Waals surface area contributed by atoms with Crippen LogP contribution < -0.4 is 5.32 Å². The Morgan fingerprint density at radius 1 is 1.23 bits per heavy atom. The van der Waals surface area contributed by atoms with Crippen molar-refractivity contribution in [1.29, 1.82) is 0 Å². The van der Waals surface area contributed by atoms with Gasteiger partial charge in [-0.25, -0.2) is 9.37 Å². The molecule has 30 heavy (non-hydrogen) atoms. The van der Waals surface area contributed by atoms with E-state index in [0.717, 1.165) is 4.90 Å². The summed E-state index contributed by atoms with van der Waals surface area (Å²) in [5.41, 5.74) is 0.147. The number of benzene rings is 1. The second kappa shape index (κ2) is 9.81. The smallest absolute Gasteiger partial charge is 0.293 e. The number of thioether (sulfide) groups is 2. The minimum atomic E-state index is -2.73. The molecule has 0 saturated carbocycles. The summed E-state index contributed by atoms with van der Waals surface area (Å²) in [7, 11) is 0. The molecule has 1 aliphatic rings. The Labute approximate surface area is 177 Å². The number of hydrogen-bond acceptors (Lipinski definition) is 6. The highest BCUT2D eigenvalue weighted by atomic mass is 32.2. The van der Waals surface area contributed by atoms with Crippen molar-refractivity contribution < 1.29 is 27.6 Å². The van der Waals surface area contributed by atoms with Crippen molar-refractivity contribution in [1.82, 2.24) is 15.2 Å². The fourth-order valence-electron chi connectivity index (χ4n) is 2.54. The van der Waals surface area contributed by atoms with E-state index >= 15 is 0 Å². The highest BCUT2D eigenvalue weighted by molar-refractivity contribution is 8.18. The second-order valence-electron chi connectivity index (χ2n) is 5.85. The zero-order chi connectivity index (χ0) is 21.7. The van der Waals surface area contributed by atoms with Gasteiger partial charge in [0.1, 0.15) is 10.8 Å². The van der Waals surface area contributed by atoms with Crippen LogP contribution in [0.5, 0.6) is 0 Å². The van der Waals surface area contributed by atoms with Crippen molar-refractivity contribution >= 4 is 46.7 Å². The molecule has 0 bridgehead atoms. The summed E-state index contributed by atoms with van der Waals surface area (Å²) in [6.45, 7) is -0.208. The van der Waals surface area contributed by atoms with Gasteiger partial charge in [0.2, 0.25) is 0 Å². The number of rotatable bonds is 7. The van der Waals surface area contributed by atoms with Crippen LogP contribution >= 0.6 is 23.5 Å². The van der Waals surface area contributed by atoms with Crippen molar-refractivity contribution in [2.24, 2.45) is 0 Å². The molecule has 1 N–H and O–H groups in total. The lowest BCUT2D eigenvalue weighted by atomic mass is 10.2. The Hall–Kier alpha value is -2.79. The Balaban J connectivity index is 1.62. The fourth-order valence-corrected chi connectivity index (χ4v) is 3.98. The number of carbonyl (C=O) groups excluding carboxylic acids is 3. The third-order valence-corrected chi connectivity index (χ3v) is 5.54. The molecule has 6 nitrogen and oxygen atoms in total. The molecule has 1 fully saturated rings. The third kappa shape index (κ3) is 5.22. The van der Waals surface area contributed by atoms with Gasteiger partial charge in [0, 0.05) is 24.8 Å². The van der Waals surface area contributed by atoms with Gasteiger partial charge in [-0.3, -0.25) is 19.3 Å². The summed E-state index contributed by atoms with van der Waals surface area (Å²) in [6.07, 6.45) is 2.59. The normalized spacial score (nSPS) is 15.3. The first-order valence-electron chi connectivity index (χ1n) is 8.54. The molecule has 0 aliphatic carbocycles. The van der Waals surface area contributed by atoms with Gasteiger partial charge in [0.15, 0.2) is 0 Å². The number of alkyl halides is 2. The first kappa shape index (κ1) is 21.9. The fraction of sp³-hybridized carbons (Fsp3) is 0.158. The highest BCUT2D eigenvalue weighted by Crippen LogP contribution is 2.32. The van der Waals surface area contributed by atoms with Gasteiger partial charge in [0.05, 0.1) is 10.5 Å². The van der Waals surface area contributed by atoms with Crippen LogP contribution in [0.15, 0.2) is 52.5 Å². The number of hydrogen-bond donors (Lipinski definition) is 1. The molecule has 1 aromatic carbocycles. The van der Waals surface area contributed by atoms with E-state index in [1.54, 1.807) is 6.07 Å². The molecule has 156 valence electrons. The molecule has 11 heteroatoms. The van der Waals surface area contributed by atoms with Crippen LogP contribution in [0.25, 0.3) is 6.08 Å². The first-order chi connectivity index (χ1) is 14.4. The lowest BCUT2D eigenvalue weighted by Crippen LogP contribution is -2.37. The molecule has 3 rings (SSSR count). The molecule has 3 amide bonds. The maximum absolute atomic E-state index is 13.8. The minimum absolute atomic E-state index is 0.0311. The molecule has 2 heterocycles. The number of nitrogens with zero attached hydrogens (tertiary/aromatic N) is 2. The maximum Gasteiger partial charge on any atom is 0.293 e. The number of halogens is 3. The number of pyridine rings is 1. The molecular weight excluding hydrogens is 439 g/mol. The molecule has 0 unspecified atom stereocenters. The van der Waals surface area contributed by atoms with Gasteiger partial charge >= 0.3 is 0 Å². The minimum Gasteiger partial charge on any atom is -0.350 e. The van der Waals surface area contributed by atoms with Crippen LogP contribution in [0, 0.1) is 5.82 Å². The number of carbonyl (C=O) groups is 3. The predicted octanol–water partition coefficient (Wildman–Crippen LogP) is 4.00. The lowest BCUT2D eigenvalue weighted by molar-refractivity contribution is -0.122. The lowest BCUT2D eigenvalue weighted by Gasteiger charge is -2.13. The third-order valence-electron chi connectivity index (χ3n) is 3.90. The average molecular weight is 453 g/mol. The van der Waals surface area contributed by atoms with Crippen LogP contribution in [0.1, 0.15) is 15.9 Å². The van der Waals surface area contributed by atoms with Crippen LogP contribution in [0.3, 0.4) is 0 Å². The van der Waals surface area contributed by atoms with E-state index < -0.39 is 28.6 Å². The summed E-state index contributed by atoms with van der Waals surface area (Å²) in [5, 5.41) is 1.81. The molecule has 2 aromatic rings. The SMILES string of the molecule is O=C(NCCN1C(=O)S/C(=C\c2ccccc2F)C1=O)c1cccnc1SC(F)F. The number of aromatic nitrogens is 1.